The maximum Gasteiger partial charge on any atom is 0.341 e. The Morgan fingerprint density at radius 3 is 2.80 bits per heavy atom. The van der Waals surface area contributed by atoms with E-state index in [1.807, 2.05) is 13.0 Å². The van der Waals surface area contributed by atoms with Gasteiger partial charge < -0.3 is 10.0 Å². The highest BCUT2D eigenvalue weighted by molar-refractivity contribution is 7.08. The fraction of sp³-hybridized carbons (Fsp3) is 0.222. The molecule has 0 saturated carbocycles. The van der Waals surface area contributed by atoms with Crippen LogP contribution in [-0.4, -0.2) is 53.3 Å². The highest BCUT2D eigenvalue weighted by atomic mass is 32.1. The van der Waals surface area contributed by atoms with Crippen LogP contribution in [0.15, 0.2) is 29.5 Å². The van der Waals surface area contributed by atoms with Gasteiger partial charge in [-0.05, 0) is 19.1 Å². The number of hydrogen-bond acceptors (Lipinski definition) is 8. The predicted octanol–water partition coefficient (Wildman–Crippen LogP) is 1.71. The maximum atomic E-state index is 14.9. The first-order chi connectivity index (χ1) is 14.4. The molecule has 10 nitrogen and oxygen atoms in total. The highest BCUT2D eigenvalue weighted by Gasteiger charge is 2.33. The van der Waals surface area contributed by atoms with Gasteiger partial charge >= 0.3 is 5.97 Å². The Labute approximate surface area is 171 Å². The van der Waals surface area contributed by atoms with Gasteiger partial charge in [-0.25, -0.2) is 19.2 Å². The lowest BCUT2D eigenvalue weighted by atomic mass is 9.96. The Hall–Kier alpha value is -3.67. The average Bonchev–Trinajstić information content (AvgIpc) is 3.34. The summed E-state index contributed by atoms with van der Waals surface area (Å²) < 4.78 is 20.1. The van der Waals surface area contributed by atoms with E-state index in [9.17, 15) is 19.1 Å². The van der Waals surface area contributed by atoms with Crippen LogP contribution in [0.3, 0.4) is 0 Å². The van der Waals surface area contributed by atoms with Crippen molar-refractivity contribution in [1.29, 1.82) is 0 Å². The molecule has 152 valence electrons. The summed E-state index contributed by atoms with van der Waals surface area (Å²) >= 11 is 1.00. The Morgan fingerprint density at radius 2 is 2.17 bits per heavy atom. The number of aryl methyl sites for hydroxylation is 1. The van der Waals surface area contributed by atoms with Gasteiger partial charge in [0.25, 0.3) is 0 Å². The molecular formula is C18H14FN7O3S. The van der Waals surface area contributed by atoms with Crippen LogP contribution in [0.2, 0.25) is 0 Å². The fourth-order valence-corrected chi connectivity index (χ4v) is 4.00. The molecule has 30 heavy (non-hydrogen) atoms. The molecule has 1 aliphatic rings. The topological polar surface area (TPSA) is 130 Å². The molecule has 1 aliphatic heterocycles. The molecule has 1 saturated heterocycles. The van der Waals surface area contributed by atoms with E-state index in [-0.39, 0.29) is 22.8 Å². The number of anilines is 1. The third-order valence-electron chi connectivity index (χ3n) is 5.02. The third-order valence-corrected chi connectivity index (χ3v) is 5.69. The lowest BCUT2D eigenvalue weighted by Crippen LogP contribution is -2.46. The molecule has 0 bridgehead atoms. The number of carboxylic acids is 1. The van der Waals surface area contributed by atoms with E-state index in [0.29, 0.717) is 18.2 Å². The molecule has 0 radical (unpaired) electrons. The first kappa shape index (κ1) is 18.4. The first-order valence-corrected chi connectivity index (χ1v) is 9.73. The number of nitrogens with zero attached hydrogens (tertiary/aromatic N) is 6. The fourth-order valence-electron chi connectivity index (χ4n) is 3.49. The Bertz CT molecular complexity index is 1340. The van der Waals surface area contributed by atoms with Crippen molar-refractivity contribution in [3.63, 3.8) is 0 Å². The van der Waals surface area contributed by atoms with Crippen molar-refractivity contribution in [3.8, 4) is 5.13 Å². The molecule has 0 unspecified atom stereocenters. The lowest BCUT2D eigenvalue weighted by molar-refractivity contribution is 0.0695. The van der Waals surface area contributed by atoms with E-state index < -0.39 is 22.8 Å². The summed E-state index contributed by atoms with van der Waals surface area (Å²) in [7, 11) is 0. The van der Waals surface area contributed by atoms with Crippen LogP contribution < -0.4 is 10.3 Å². The highest BCUT2D eigenvalue weighted by Crippen LogP contribution is 2.32. The number of nitrogens with one attached hydrogen (secondary N) is 1. The number of aromatic nitrogens is 6. The largest absolute Gasteiger partial charge is 0.477 e. The Balaban J connectivity index is 1.61. The van der Waals surface area contributed by atoms with Gasteiger partial charge in [0, 0.05) is 42.4 Å². The number of pyridine rings is 2. The van der Waals surface area contributed by atoms with Gasteiger partial charge in [-0.2, -0.15) is 9.47 Å². The molecule has 1 fully saturated rings. The minimum absolute atomic E-state index is 0.0896. The summed E-state index contributed by atoms with van der Waals surface area (Å²) in [5, 5.41) is 16.7. The van der Waals surface area contributed by atoms with Crippen LogP contribution >= 0.6 is 11.5 Å². The molecule has 0 amide bonds. The standard InChI is InChI=1S/C18H14FN7O3S/c1-8-2-13(24-23-8)9-4-25(5-9)16-12(19)3-10-14(27)11(17(28)29)6-26(15(10)22-16)18-20-7-21-30-18/h2-3,6-7,9H,4-5H2,1H3,(H,23,24)(H,28,29). The second kappa shape index (κ2) is 6.69. The zero-order chi connectivity index (χ0) is 21.0. The molecule has 2 N–H and O–H groups in total. The normalized spacial score (nSPS) is 14.3. The van der Waals surface area contributed by atoms with Crippen LogP contribution in [0.1, 0.15) is 27.7 Å². The Kier molecular flexibility index (Phi) is 4.10. The van der Waals surface area contributed by atoms with E-state index in [2.05, 4.69) is 24.5 Å². The number of rotatable bonds is 4. The van der Waals surface area contributed by atoms with Crippen LogP contribution in [-0.2, 0) is 0 Å². The number of carbonyl (C=O) groups is 1. The third kappa shape index (κ3) is 2.84. The molecule has 4 aromatic rings. The van der Waals surface area contributed by atoms with Gasteiger partial charge in [0.15, 0.2) is 17.3 Å². The van der Waals surface area contributed by atoms with Crippen LogP contribution in [0, 0.1) is 12.7 Å². The van der Waals surface area contributed by atoms with E-state index >= 15 is 0 Å². The lowest BCUT2D eigenvalue weighted by Gasteiger charge is -2.39. The summed E-state index contributed by atoms with van der Waals surface area (Å²) in [6.07, 6.45) is 2.45. The van der Waals surface area contributed by atoms with E-state index in [4.69, 9.17) is 0 Å². The van der Waals surface area contributed by atoms with Crippen LogP contribution in [0.25, 0.3) is 16.2 Å². The van der Waals surface area contributed by atoms with Gasteiger partial charge in [-0.3, -0.25) is 14.5 Å². The second-order valence-electron chi connectivity index (χ2n) is 7.01. The SMILES string of the molecule is Cc1cc(C2CN(c3nc4c(cc3F)c(=O)c(C(=O)O)cn4-c3ncns3)C2)n[nH]1. The van der Waals surface area contributed by atoms with Gasteiger partial charge in [-0.1, -0.05) is 0 Å². The number of H-pyrrole nitrogens is 1. The first-order valence-electron chi connectivity index (χ1n) is 8.95. The number of hydrogen-bond donors (Lipinski definition) is 2. The molecule has 5 heterocycles. The number of aromatic amines is 1. The molecule has 0 spiro atoms. The molecular weight excluding hydrogens is 413 g/mol. The van der Waals surface area contributed by atoms with E-state index in [0.717, 1.165) is 35.2 Å². The molecule has 5 rings (SSSR count). The van der Waals surface area contributed by atoms with Crippen LogP contribution in [0.4, 0.5) is 10.2 Å². The molecule has 0 atom stereocenters. The smallest absolute Gasteiger partial charge is 0.341 e. The van der Waals surface area contributed by atoms with Crippen molar-refractivity contribution >= 4 is 34.4 Å². The summed E-state index contributed by atoms with van der Waals surface area (Å²) in [6.45, 7) is 2.96. The van der Waals surface area contributed by atoms with Gasteiger partial charge in [0.05, 0.1) is 11.1 Å². The van der Waals surface area contributed by atoms with Crippen molar-refractivity contribution in [2.45, 2.75) is 12.8 Å². The zero-order valence-electron chi connectivity index (χ0n) is 15.5. The predicted molar refractivity (Wildman–Crippen MR) is 106 cm³/mol. The summed E-state index contributed by atoms with van der Waals surface area (Å²) in [5.41, 5.74) is 0.682. The van der Waals surface area contributed by atoms with Crippen molar-refractivity contribution in [2.75, 3.05) is 18.0 Å². The molecule has 0 aromatic carbocycles. The summed E-state index contributed by atoms with van der Waals surface area (Å²) in [6, 6.07) is 2.99. The van der Waals surface area contributed by atoms with Crippen molar-refractivity contribution in [3.05, 3.63) is 57.6 Å². The van der Waals surface area contributed by atoms with Gasteiger partial charge in [0.2, 0.25) is 10.6 Å². The van der Waals surface area contributed by atoms with Crippen molar-refractivity contribution < 1.29 is 14.3 Å². The quantitative estimate of drug-likeness (QED) is 0.503. The number of halogens is 1. The zero-order valence-corrected chi connectivity index (χ0v) is 16.4. The Morgan fingerprint density at radius 1 is 1.37 bits per heavy atom. The summed E-state index contributed by atoms with van der Waals surface area (Å²) in [5.74, 6) is -1.87. The van der Waals surface area contributed by atoms with Gasteiger partial charge in [0.1, 0.15) is 11.9 Å². The monoisotopic (exact) mass is 427 g/mol. The number of fused-ring (bicyclic) bond motifs is 1. The van der Waals surface area contributed by atoms with E-state index in [1.165, 1.54) is 10.9 Å². The minimum Gasteiger partial charge on any atom is -0.477 e. The van der Waals surface area contributed by atoms with Gasteiger partial charge in [-0.15, -0.1) is 0 Å². The molecule has 4 aromatic heterocycles. The van der Waals surface area contributed by atoms with Crippen molar-refractivity contribution in [2.24, 2.45) is 0 Å². The van der Waals surface area contributed by atoms with Crippen LogP contribution in [0.5, 0.6) is 0 Å². The van der Waals surface area contributed by atoms with E-state index in [1.54, 1.807) is 4.90 Å². The maximum absolute atomic E-state index is 14.9. The average molecular weight is 427 g/mol. The second-order valence-corrected chi connectivity index (χ2v) is 7.77. The molecule has 0 aliphatic carbocycles. The minimum atomic E-state index is -1.41. The number of aromatic carboxylic acids is 1. The number of carboxylic acid groups (broad SMARTS) is 1. The van der Waals surface area contributed by atoms with Crippen molar-refractivity contribution in [1.82, 2.24) is 29.1 Å². The molecule has 12 heteroatoms. The summed E-state index contributed by atoms with van der Waals surface area (Å²) in [4.78, 5) is 34.3.